The van der Waals surface area contributed by atoms with Gasteiger partial charge in [-0.25, -0.2) is 0 Å². The minimum absolute atomic E-state index is 0.0188. The summed E-state index contributed by atoms with van der Waals surface area (Å²) < 4.78 is 0. The van der Waals surface area contributed by atoms with E-state index in [-0.39, 0.29) is 11.9 Å². The van der Waals surface area contributed by atoms with Crippen LogP contribution in [0.4, 0.5) is 0 Å². The predicted octanol–water partition coefficient (Wildman–Crippen LogP) is 2.36. The Hall–Kier alpha value is -0.570. The summed E-state index contributed by atoms with van der Waals surface area (Å²) in [5, 5.41) is 6.69. The molecule has 0 heterocycles. The van der Waals surface area contributed by atoms with E-state index in [1.54, 1.807) is 0 Å². The van der Waals surface area contributed by atoms with Crippen molar-refractivity contribution in [3.63, 3.8) is 0 Å². The van der Waals surface area contributed by atoms with Crippen molar-refractivity contribution in [3.05, 3.63) is 0 Å². The van der Waals surface area contributed by atoms with Gasteiger partial charge in [-0.05, 0) is 50.9 Å². The smallest absolute Gasteiger partial charge is 0.237 e. The van der Waals surface area contributed by atoms with Crippen LogP contribution < -0.4 is 10.6 Å². The van der Waals surface area contributed by atoms with Gasteiger partial charge >= 0.3 is 0 Å². The minimum Gasteiger partial charge on any atom is -0.352 e. The van der Waals surface area contributed by atoms with Crippen LogP contribution in [-0.2, 0) is 4.79 Å². The first-order valence-corrected chi connectivity index (χ1v) is 7.76. The summed E-state index contributed by atoms with van der Waals surface area (Å²) >= 11 is 0. The van der Waals surface area contributed by atoms with E-state index < -0.39 is 0 Å². The topological polar surface area (TPSA) is 41.1 Å². The molecule has 0 bridgehead atoms. The molecular weight excluding hydrogens is 224 g/mol. The number of rotatable bonds is 4. The number of hydrogen-bond donors (Lipinski definition) is 2. The molecule has 2 atom stereocenters. The molecule has 18 heavy (non-hydrogen) atoms. The summed E-state index contributed by atoms with van der Waals surface area (Å²) in [6.07, 6.45) is 11.9. The average molecular weight is 250 g/mol. The monoisotopic (exact) mass is 250 g/mol. The van der Waals surface area contributed by atoms with Crippen LogP contribution in [0.5, 0.6) is 0 Å². The molecule has 2 N–H and O–H groups in total. The lowest BCUT2D eigenvalue weighted by Gasteiger charge is -2.53. The fourth-order valence-corrected chi connectivity index (χ4v) is 3.74. The van der Waals surface area contributed by atoms with Crippen LogP contribution in [0, 0.1) is 5.41 Å². The Balaban J connectivity index is 1.50. The Morgan fingerprint density at radius 3 is 2.39 bits per heavy atom. The highest BCUT2D eigenvalue weighted by Gasteiger charge is 2.47. The summed E-state index contributed by atoms with van der Waals surface area (Å²) in [7, 11) is 0. The first-order chi connectivity index (χ1) is 8.70. The van der Waals surface area contributed by atoms with E-state index >= 15 is 0 Å². The van der Waals surface area contributed by atoms with E-state index in [0.717, 1.165) is 0 Å². The molecule has 3 aliphatic carbocycles. The molecule has 3 rings (SSSR count). The second-order valence-corrected chi connectivity index (χ2v) is 6.69. The highest BCUT2D eigenvalue weighted by molar-refractivity contribution is 5.81. The third kappa shape index (κ3) is 2.42. The molecule has 0 saturated heterocycles. The quantitative estimate of drug-likeness (QED) is 0.804. The van der Waals surface area contributed by atoms with Crippen molar-refractivity contribution in [2.24, 2.45) is 5.41 Å². The van der Waals surface area contributed by atoms with Crippen LogP contribution in [0.1, 0.15) is 64.7 Å². The molecule has 3 aliphatic rings. The van der Waals surface area contributed by atoms with Gasteiger partial charge in [-0.1, -0.05) is 19.3 Å². The maximum atomic E-state index is 12.0. The highest BCUT2D eigenvalue weighted by atomic mass is 16.2. The fraction of sp³-hybridized carbons (Fsp3) is 0.933. The number of carbonyl (C=O) groups excluding carboxylic acids is 1. The summed E-state index contributed by atoms with van der Waals surface area (Å²) in [6, 6.07) is 1.05. The Bertz CT molecular complexity index is 318. The molecule has 3 fully saturated rings. The third-order valence-electron chi connectivity index (χ3n) is 5.29. The average Bonchev–Trinajstić information content (AvgIpc) is 3.19. The summed E-state index contributed by atoms with van der Waals surface area (Å²) in [6.45, 7) is 2.02. The van der Waals surface area contributed by atoms with Crippen LogP contribution >= 0.6 is 0 Å². The van der Waals surface area contributed by atoms with Crippen molar-refractivity contribution in [3.8, 4) is 0 Å². The van der Waals surface area contributed by atoms with Gasteiger partial charge in [0.25, 0.3) is 0 Å². The summed E-state index contributed by atoms with van der Waals surface area (Å²) in [5.74, 6) is 0.204. The van der Waals surface area contributed by atoms with Crippen molar-refractivity contribution < 1.29 is 4.79 Å². The van der Waals surface area contributed by atoms with Gasteiger partial charge in [0.05, 0.1) is 6.04 Å². The Morgan fingerprint density at radius 2 is 1.83 bits per heavy atom. The molecule has 3 saturated carbocycles. The van der Waals surface area contributed by atoms with Crippen LogP contribution in [-0.4, -0.2) is 24.0 Å². The minimum atomic E-state index is -0.0188. The molecule has 3 nitrogen and oxygen atoms in total. The van der Waals surface area contributed by atoms with Gasteiger partial charge in [-0.15, -0.1) is 0 Å². The first kappa shape index (κ1) is 12.5. The van der Waals surface area contributed by atoms with Crippen LogP contribution in [0.3, 0.4) is 0 Å². The van der Waals surface area contributed by atoms with Crippen molar-refractivity contribution in [1.29, 1.82) is 0 Å². The maximum Gasteiger partial charge on any atom is 0.237 e. The second kappa shape index (κ2) is 4.84. The lowest BCUT2D eigenvalue weighted by atomic mass is 9.57. The van der Waals surface area contributed by atoms with Gasteiger partial charge in [0, 0.05) is 12.1 Å². The molecule has 0 aromatic heterocycles. The fourth-order valence-electron chi connectivity index (χ4n) is 3.74. The molecule has 0 aromatic carbocycles. The zero-order chi connectivity index (χ0) is 12.6. The molecule has 2 unspecified atom stereocenters. The van der Waals surface area contributed by atoms with Gasteiger partial charge in [0.15, 0.2) is 0 Å². The van der Waals surface area contributed by atoms with E-state index in [1.807, 2.05) is 6.92 Å². The largest absolute Gasteiger partial charge is 0.352 e. The number of amides is 1. The Morgan fingerprint density at radius 1 is 1.11 bits per heavy atom. The third-order valence-corrected chi connectivity index (χ3v) is 5.29. The van der Waals surface area contributed by atoms with Gasteiger partial charge in [-0.2, -0.15) is 0 Å². The summed E-state index contributed by atoms with van der Waals surface area (Å²) in [5.41, 5.74) is 0.548. The maximum absolute atomic E-state index is 12.0. The number of carbonyl (C=O) groups is 1. The van der Waals surface area contributed by atoms with E-state index in [1.165, 1.54) is 57.8 Å². The molecule has 102 valence electrons. The lowest BCUT2D eigenvalue weighted by molar-refractivity contribution is -0.124. The number of nitrogens with one attached hydrogen (secondary N) is 2. The first-order valence-electron chi connectivity index (χ1n) is 7.76. The zero-order valence-electron chi connectivity index (χ0n) is 11.5. The molecule has 0 aliphatic heterocycles. The molecular formula is C15H26N2O. The van der Waals surface area contributed by atoms with Crippen molar-refractivity contribution in [1.82, 2.24) is 10.6 Å². The van der Waals surface area contributed by atoms with Gasteiger partial charge in [-0.3, -0.25) is 4.79 Å². The molecule has 0 radical (unpaired) electrons. The second-order valence-electron chi connectivity index (χ2n) is 6.69. The predicted molar refractivity (Wildman–Crippen MR) is 72.3 cm³/mol. The van der Waals surface area contributed by atoms with Crippen LogP contribution in [0.25, 0.3) is 0 Å². The summed E-state index contributed by atoms with van der Waals surface area (Å²) in [4.78, 5) is 12.0. The van der Waals surface area contributed by atoms with Gasteiger partial charge in [0.2, 0.25) is 5.91 Å². The normalized spacial score (nSPS) is 31.7. The standard InChI is InChI=1S/C15H26N2O/c1-11(14(18)17-12-5-6-12)16-13-7-10-15(13)8-3-2-4-9-15/h11-13,16H,2-10H2,1H3,(H,17,18). The Kier molecular flexibility index (Phi) is 3.35. The molecule has 1 amide bonds. The van der Waals surface area contributed by atoms with Crippen molar-refractivity contribution >= 4 is 5.91 Å². The SMILES string of the molecule is CC(NC1CCC12CCCCC2)C(=O)NC1CC1. The zero-order valence-corrected chi connectivity index (χ0v) is 11.5. The highest BCUT2D eigenvalue weighted by Crippen LogP contribution is 2.51. The molecule has 3 heteroatoms. The van der Waals surface area contributed by atoms with Crippen LogP contribution in [0.15, 0.2) is 0 Å². The van der Waals surface area contributed by atoms with Crippen molar-refractivity contribution in [2.75, 3.05) is 0 Å². The molecule has 1 spiro atoms. The van der Waals surface area contributed by atoms with E-state index in [4.69, 9.17) is 0 Å². The Labute approximate surface area is 110 Å². The van der Waals surface area contributed by atoms with Gasteiger partial charge in [0.1, 0.15) is 0 Å². The molecule has 0 aromatic rings. The van der Waals surface area contributed by atoms with Gasteiger partial charge < -0.3 is 10.6 Å². The van der Waals surface area contributed by atoms with E-state index in [2.05, 4.69) is 10.6 Å². The lowest BCUT2D eigenvalue weighted by Crippen LogP contribution is -2.59. The van der Waals surface area contributed by atoms with Crippen molar-refractivity contribution in [2.45, 2.75) is 82.8 Å². The van der Waals surface area contributed by atoms with Crippen LogP contribution in [0.2, 0.25) is 0 Å². The number of hydrogen-bond acceptors (Lipinski definition) is 2. The van der Waals surface area contributed by atoms with E-state index in [0.29, 0.717) is 17.5 Å². The van der Waals surface area contributed by atoms with E-state index in [9.17, 15) is 4.79 Å².